The fourth-order valence-corrected chi connectivity index (χ4v) is 3.23. The number of carbonyl (C=O) groups is 1. The van der Waals surface area contributed by atoms with E-state index in [1.807, 2.05) is 13.8 Å². The van der Waals surface area contributed by atoms with Crippen LogP contribution in [-0.4, -0.2) is 36.4 Å². The third-order valence-corrected chi connectivity index (χ3v) is 4.72. The molecule has 2 rings (SSSR count). The zero-order chi connectivity index (χ0) is 23.8. The van der Waals surface area contributed by atoms with Crippen molar-refractivity contribution in [3.63, 3.8) is 0 Å². The van der Waals surface area contributed by atoms with E-state index in [0.717, 1.165) is 4.57 Å². The number of aromatic nitrogens is 2. The fourth-order valence-electron chi connectivity index (χ4n) is 3.23. The van der Waals surface area contributed by atoms with Crippen molar-refractivity contribution in [3.8, 4) is 17.2 Å². The van der Waals surface area contributed by atoms with Gasteiger partial charge >= 0.3 is 5.69 Å². The predicted molar refractivity (Wildman–Crippen MR) is 124 cm³/mol. The van der Waals surface area contributed by atoms with Crippen molar-refractivity contribution < 1.29 is 19.0 Å². The molecule has 0 spiro atoms. The number of nitrogens with zero attached hydrogens (tertiary/aromatic N) is 2. The molecule has 0 aliphatic heterocycles. The SMILES string of the molecule is CCCn1c(N)c(NC(=O)C=Cc2cc(OC)c(OC)c(OC)c2)c(=O)n(CCC)c1=O. The van der Waals surface area contributed by atoms with Gasteiger partial charge in [-0.1, -0.05) is 13.8 Å². The van der Waals surface area contributed by atoms with Crippen LogP contribution < -0.4 is 36.5 Å². The van der Waals surface area contributed by atoms with Gasteiger partial charge in [-0.2, -0.15) is 0 Å². The van der Waals surface area contributed by atoms with Gasteiger partial charge in [0, 0.05) is 19.2 Å². The molecule has 10 nitrogen and oxygen atoms in total. The minimum Gasteiger partial charge on any atom is -0.493 e. The van der Waals surface area contributed by atoms with Crippen LogP contribution in [-0.2, 0) is 17.9 Å². The summed E-state index contributed by atoms with van der Waals surface area (Å²) in [6, 6.07) is 3.35. The molecule has 1 aromatic carbocycles. The molecule has 0 aliphatic carbocycles. The normalized spacial score (nSPS) is 10.9. The van der Waals surface area contributed by atoms with Crippen molar-refractivity contribution in [2.24, 2.45) is 0 Å². The average molecular weight is 447 g/mol. The molecule has 1 heterocycles. The van der Waals surface area contributed by atoms with E-state index in [2.05, 4.69) is 5.32 Å². The maximum atomic E-state index is 12.8. The van der Waals surface area contributed by atoms with Crippen LogP contribution in [0.3, 0.4) is 0 Å². The Morgan fingerprint density at radius 1 is 1.00 bits per heavy atom. The van der Waals surface area contributed by atoms with E-state index in [1.165, 1.54) is 38.0 Å². The van der Waals surface area contributed by atoms with Gasteiger partial charge in [0.2, 0.25) is 11.7 Å². The van der Waals surface area contributed by atoms with E-state index in [0.29, 0.717) is 42.2 Å². The maximum Gasteiger partial charge on any atom is 0.332 e. The third-order valence-electron chi connectivity index (χ3n) is 4.72. The fraction of sp³-hybridized carbons (Fsp3) is 0.409. The van der Waals surface area contributed by atoms with Crippen molar-refractivity contribution in [2.45, 2.75) is 39.8 Å². The molecular weight excluding hydrogens is 416 g/mol. The summed E-state index contributed by atoms with van der Waals surface area (Å²) >= 11 is 0. The molecule has 0 aliphatic rings. The van der Waals surface area contributed by atoms with Crippen LogP contribution in [0.2, 0.25) is 0 Å². The Morgan fingerprint density at radius 3 is 2.06 bits per heavy atom. The molecule has 0 bridgehead atoms. The lowest BCUT2D eigenvalue weighted by Crippen LogP contribution is -2.42. The van der Waals surface area contributed by atoms with Crippen LogP contribution in [0.5, 0.6) is 17.2 Å². The monoisotopic (exact) mass is 446 g/mol. The number of nitrogens with one attached hydrogen (secondary N) is 1. The van der Waals surface area contributed by atoms with Crippen LogP contribution in [0.25, 0.3) is 6.08 Å². The summed E-state index contributed by atoms with van der Waals surface area (Å²) in [7, 11) is 4.48. The summed E-state index contributed by atoms with van der Waals surface area (Å²) < 4.78 is 18.3. The molecule has 0 atom stereocenters. The standard InChI is InChI=1S/C22H30N4O6/c1-6-10-25-20(23)18(21(28)26(11-7-2)22(25)29)24-17(27)9-8-14-12-15(30-3)19(32-5)16(13-14)31-4/h8-9,12-13H,6-7,10-11,23H2,1-5H3,(H,24,27). The maximum absolute atomic E-state index is 12.8. The molecule has 0 radical (unpaired) electrons. The van der Waals surface area contributed by atoms with E-state index >= 15 is 0 Å². The van der Waals surface area contributed by atoms with E-state index < -0.39 is 17.2 Å². The summed E-state index contributed by atoms with van der Waals surface area (Å²) in [5.74, 6) is 0.658. The largest absolute Gasteiger partial charge is 0.493 e. The second-order valence-corrected chi connectivity index (χ2v) is 6.93. The lowest BCUT2D eigenvalue weighted by atomic mass is 10.1. The van der Waals surface area contributed by atoms with Gasteiger partial charge in [-0.3, -0.25) is 18.7 Å². The summed E-state index contributed by atoms with van der Waals surface area (Å²) in [6.45, 7) is 4.30. The number of rotatable bonds is 10. The van der Waals surface area contributed by atoms with Gasteiger partial charge in [0.1, 0.15) is 11.5 Å². The molecule has 10 heteroatoms. The quantitative estimate of drug-likeness (QED) is 0.535. The number of anilines is 2. The van der Waals surface area contributed by atoms with E-state index in [1.54, 1.807) is 12.1 Å². The number of ether oxygens (including phenoxy) is 3. The Kier molecular flexibility index (Phi) is 8.51. The van der Waals surface area contributed by atoms with Gasteiger partial charge < -0.3 is 25.3 Å². The van der Waals surface area contributed by atoms with Crippen molar-refractivity contribution in [3.05, 3.63) is 44.6 Å². The highest BCUT2D eigenvalue weighted by atomic mass is 16.5. The molecule has 32 heavy (non-hydrogen) atoms. The van der Waals surface area contributed by atoms with Gasteiger partial charge in [-0.15, -0.1) is 0 Å². The Labute approximate surface area is 186 Å². The van der Waals surface area contributed by atoms with Gasteiger partial charge in [0.25, 0.3) is 5.56 Å². The number of hydrogen-bond donors (Lipinski definition) is 2. The highest BCUT2D eigenvalue weighted by Crippen LogP contribution is 2.38. The summed E-state index contributed by atoms with van der Waals surface area (Å²) in [4.78, 5) is 38.0. The molecule has 1 amide bonds. The number of hydrogen-bond acceptors (Lipinski definition) is 7. The van der Waals surface area contributed by atoms with Crippen molar-refractivity contribution >= 4 is 23.5 Å². The highest BCUT2D eigenvalue weighted by Gasteiger charge is 2.18. The molecule has 1 aromatic heterocycles. The molecule has 0 saturated carbocycles. The molecule has 0 saturated heterocycles. The zero-order valence-electron chi connectivity index (χ0n) is 19.1. The zero-order valence-corrected chi connectivity index (χ0v) is 19.1. The summed E-state index contributed by atoms with van der Waals surface area (Å²) in [6.07, 6.45) is 4.00. The lowest BCUT2D eigenvalue weighted by molar-refractivity contribution is -0.111. The lowest BCUT2D eigenvalue weighted by Gasteiger charge is -2.16. The molecule has 0 unspecified atom stereocenters. The molecule has 0 fully saturated rings. The van der Waals surface area contributed by atoms with Gasteiger partial charge in [-0.05, 0) is 36.6 Å². The minimum atomic E-state index is -0.628. The van der Waals surface area contributed by atoms with Crippen LogP contribution >= 0.6 is 0 Å². The van der Waals surface area contributed by atoms with Crippen LogP contribution in [0, 0.1) is 0 Å². The van der Waals surface area contributed by atoms with E-state index in [9.17, 15) is 14.4 Å². The minimum absolute atomic E-state index is 0.0660. The first-order valence-electron chi connectivity index (χ1n) is 10.2. The smallest absolute Gasteiger partial charge is 0.332 e. The van der Waals surface area contributed by atoms with Crippen molar-refractivity contribution in [1.29, 1.82) is 0 Å². The van der Waals surface area contributed by atoms with Crippen molar-refractivity contribution in [1.82, 2.24) is 9.13 Å². The topological polar surface area (TPSA) is 127 Å². The van der Waals surface area contributed by atoms with Crippen LogP contribution in [0.15, 0.2) is 27.8 Å². The number of nitrogens with two attached hydrogens (primary N) is 1. The van der Waals surface area contributed by atoms with Crippen LogP contribution in [0.1, 0.15) is 32.3 Å². The first kappa shape index (κ1) is 24.6. The van der Waals surface area contributed by atoms with Gasteiger partial charge in [0.15, 0.2) is 11.5 Å². The second kappa shape index (κ2) is 11.1. The van der Waals surface area contributed by atoms with Crippen molar-refractivity contribution in [2.75, 3.05) is 32.4 Å². The van der Waals surface area contributed by atoms with Gasteiger partial charge in [0.05, 0.1) is 21.3 Å². The molecule has 2 aromatic rings. The van der Waals surface area contributed by atoms with Gasteiger partial charge in [-0.25, -0.2) is 4.79 Å². The first-order valence-corrected chi connectivity index (χ1v) is 10.2. The number of carbonyl (C=O) groups excluding carboxylic acids is 1. The summed E-state index contributed by atoms with van der Waals surface area (Å²) in [5.41, 5.74) is 5.44. The van der Waals surface area contributed by atoms with Crippen LogP contribution in [0.4, 0.5) is 11.5 Å². The number of methoxy groups -OCH3 is 3. The average Bonchev–Trinajstić information content (AvgIpc) is 2.80. The second-order valence-electron chi connectivity index (χ2n) is 6.93. The Morgan fingerprint density at radius 2 is 1.56 bits per heavy atom. The number of benzene rings is 1. The molecule has 174 valence electrons. The number of amides is 1. The first-order chi connectivity index (χ1) is 15.3. The Hall–Kier alpha value is -3.69. The van der Waals surface area contributed by atoms with E-state index in [4.69, 9.17) is 19.9 Å². The Balaban J connectivity index is 2.40. The molecule has 3 N–H and O–H groups in total. The highest BCUT2D eigenvalue weighted by molar-refractivity contribution is 6.03. The summed E-state index contributed by atoms with van der Waals surface area (Å²) in [5, 5.41) is 2.52. The number of nitrogen functional groups attached to an aromatic ring is 1. The molecular formula is C22H30N4O6. The van der Waals surface area contributed by atoms with E-state index in [-0.39, 0.29) is 18.1 Å². The predicted octanol–water partition coefficient (Wildman–Crippen LogP) is 2.09. The Bertz CT molecular complexity index is 1090. The third kappa shape index (κ3) is 5.13.